The molecular formula is C50H84NO7+. The third kappa shape index (κ3) is 38.1. The molecule has 58 heavy (non-hydrogen) atoms. The lowest BCUT2D eigenvalue weighted by atomic mass is 10.1. The first-order valence-electron chi connectivity index (χ1n) is 22.6. The maximum Gasteiger partial charge on any atom is 0.362 e. The molecule has 0 fully saturated rings. The van der Waals surface area contributed by atoms with Crippen molar-refractivity contribution in [2.24, 2.45) is 0 Å². The fourth-order valence-electron chi connectivity index (χ4n) is 6.10. The standard InChI is InChI=1S/C50H83NO7/c1-6-8-10-12-14-16-18-20-21-22-23-24-25-26-27-28-29-31-33-35-37-39-41-49(53)58-46(44-56-43-42-47(50(54)55)51(3,4)5)45-57-48(52)40-38-36-34-32-30-19-17-15-13-11-9-7-2/h8-11,14-17,20-21,23-24,30,32,46-47H,6-7,12-13,18-19,22,25-29,31,33-45H2,1-5H3/p+1/b10-8+,11-9+,16-14+,17-15+,21-20+,24-23+,32-30+. The molecule has 1 N–H and O–H groups in total. The van der Waals surface area contributed by atoms with Crippen LogP contribution >= 0.6 is 0 Å². The molecule has 0 aliphatic heterocycles. The maximum absolute atomic E-state index is 12.7. The van der Waals surface area contributed by atoms with E-state index in [1.165, 1.54) is 38.5 Å². The van der Waals surface area contributed by atoms with E-state index in [1.54, 1.807) is 0 Å². The van der Waals surface area contributed by atoms with Crippen molar-refractivity contribution in [2.45, 2.75) is 174 Å². The van der Waals surface area contributed by atoms with Crippen LogP contribution in [0.5, 0.6) is 0 Å². The molecule has 0 aromatic rings. The van der Waals surface area contributed by atoms with Gasteiger partial charge in [0.15, 0.2) is 12.1 Å². The Morgan fingerprint density at radius 2 is 0.914 bits per heavy atom. The van der Waals surface area contributed by atoms with Gasteiger partial charge in [-0.2, -0.15) is 0 Å². The summed E-state index contributed by atoms with van der Waals surface area (Å²) in [5.74, 6) is -1.54. The van der Waals surface area contributed by atoms with Crippen LogP contribution in [0, 0.1) is 0 Å². The molecule has 2 atom stereocenters. The molecule has 0 radical (unpaired) electrons. The average Bonchev–Trinajstić information content (AvgIpc) is 3.18. The van der Waals surface area contributed by atoms with Crippen LogP contribution in [-0.4, -0.2) is 80.6 Å². The number of quaternary nitrogens is 1. The maximum atomic E-state index is 12.7. The van der Waals surface area contributed by atoms with Gasteiger partial charge in [0.2, 0.25) is 0 Å². The molecule has 0 aliphatic rings. The quantitative estimate of drug-likeness (QED) is 0.0286. The smallest absolute Gasteiger partial charge is 0.362 e. The minimum atomic E-state index is -0.885. The van der Waals surface area contributed by atoms with Crippen molar-refractivity contribution in [3.05, 3.63) is 85.1 Å². The van der Waals surface area contributed by atoms with E-state index < -0.39 is 18.1 Å². The Labute approximate surface area is 354 Å². The fourth-order valence-corrected chi connectivity index (χ4v) is 6.10. The summed E-state index contributed by atoms with van der Waals surface area (Å²) in [7, 11) is 5.50. The number of esters is 2. The molecule has 0 aliphatic carbocycles. The average molecular weight is 811 g/mol. The minimum Gasteiger partial charge on any atom is -0.477 e. The first-order chi connectivity index (χ1) is 28.1. The number of hydrogen-bond donors (Lipinski definition) is 1. The van der Waals surface area contributed by atoms with Gasteiger partial charge in [-0.1, -0.05) is 144 Å². The number of hydrogen-bond acceptors (Lipinski definition) is 6. The molecule has 0 spiro atoms. The largest absolute Gasteiger partial charge is 0.477 e. The van der Waals surface area contributed by atoms with E-state index in [2.05, 4.69) is 98.9 Å². The number of carbonyl (C=O) groups excluding carboxylic acids is 2. The fraction of sp³-hybridized carbons (Fsp3) is 0.660. The Morgan fingerprint density at radius 1 is 0.517 bits per heavy atom. The molecule has 0 amide bonds. The molecule has 0 saturated carbocycles. The minimum absolute atomic E-state index is 0.0417. The molecule has 0 aromatic heterocycles. The predicted molar refractivity (Wildman–Crippen MR) is 243 cm³/mol. The van der Waals surface area contributed by atoms with Crippen molar-refractivity contribution in [2.75, 3.05) is 41.0 Å². The molecule has 8 nitrogen and oxygen atoms in total. The van der Waals surface area contributed by atoms with E-state index in [4.69, 9.17) is 14.2 Å². The molecule has 0 rings (SSSR count). The number of unbranched alkanes of at least 4 members (excludes halogenated alkanes) is 11. The Hall–Kier alpha value is -3.49. The summed E-state index contributed by atoms with van der Waals surface area (Å²) in [5.41, 5.74) is 0. The van der Waals surface area contributed by atoms with Gasteiger partial charge in [-0.3, -0.25) is 9.59 Å². The molecule has 330 valence electrons. The monoisotopic (exact) mass is 811 g/mol. The van der Waals surface area contributed by atoms with Crippen LogP contribution in [0.3, 0.4) is 0 Å². The Balaban J connectivity index is 4.33. The lowest BCUT2D eigenvalue weighted by molar-refractivity contribution is -0.887. The van der Waals surface area contributed by atoms with Gasteiger partial charge in [0.25, 0.3) is 0 Å². The van der Waals surface area contributed by atoms with Crippen LogP contribution in [0.25, 0.3) is 0 Å². The Morgan fingerprint density at radius 3 is 1.38 bits per heavy atom. The first kappa shape index (κ1) is 54.5. The Kier molecular flexibility index (Phi) is 37.9. The van der Waals surface area contributed by atoms with E-state index in [1.807, 2.05) is 21.1 Å². The summed E-state index contributed by atoms with van der Waals surface area (Å²) in [4.78, 5) is 37.0. The highest BCUT2D eigenvalue weighted by molar-refractivity contribution is 5.72. The topological polar surface area (TPSA) is 99.1 Å². The SMILES string of the molecule is CC/C=C/C/C=C/C/C=C/C/C=C/CCCCCCCCCCCC(=O)OC(COCCC(C(=O)O)[N+](C)(C)C)COC(=O)CCCC/C=C/C/C=C/C/C=C/CC. The van der Waals surface area contributed by atoms with Crippen LogP contribution in [0.4, 0.5) is 0 Å². The van der Waals surface area contributed by atoms with Crippen molar-refractivity contribution >= 4 is 17.9 Å². The summed E-state index contributed by atoms with van der Waals surface area (Å²) in [6, 6.07) is -0.625. The molecule has 0 bridgehead atoms. The van der Waals surface area contributed by atoms with Crippen molar-refractivity contribution in [1.82, 2.24) is 0 Å². The van der Waals surface area contributed by atoms with Gasteiger partial charge in [-0.05, 0) is 83.5 Å². The number of aliphatic carboxylic acids is 1. The number of allylic oxidation sites excluding steroid dienone is 14. The van der Waals surface area contributed by atoms with E-state index in [0.717, 1.165) is 89.9 Å². The second kappa shape index (κ2) is 40.3. The molecular weight excluding hydrogens is 727 g/mol. The number of likely N-dealkylation sites (N-methyl/N-ethyl adjacent to an activating group) is 1. The number of rotatable bonds is 39. The highest BCUT2D eigenvalue weighted by Gasteiger charge is 2.31. The highest BCUT2D eigenvalue weighted by Crippen LogP contribution is 2.14. The van der Waals surface area contributed by atoms with Crippen LogP contribution in [0.1, 0.15) is 162 Å². The van der Waals surface area contributed by atoms with Crippen LogP contribution < -0.4 is 0 Å². The summed E-state index contributed by atoms with van der Waals surface area (Å²) < 4.78 is 17.2. The summed E-state index contributed by atoms with van der Waals surface area (Å²) in [6.45, 7) is 4.44. The van der Waals surface area contributed by atoms with Gasteiger partial charge in [0, 0.05) is 19.3 Å². The summed E-state index contributed by atoms with van der Waals surface area (Å²) >= 11 is 0. The molecule has 0 heterocycles. The molecule has 0 aromatic carbocycles. The first-order valence-corrected chi connectivity index (χ1v) is 22.6. The van der Waals surface area contributed by atoms with Gasteiger partial charge in [-0.25, -0.2) is 4.79 Å². The normalized spacial score (nSPS) is 13.7. The van der Waals surface area contributed by atoms with E-state index in [-0.39, 0.29) is 36.2 Å². The van der Waals surface area contributed by atoms with E-state index in [9.17, 15) is 19.5 Å². The van der Waals surface area contributed by atoms with Gasteiger partial charge < -0.3 is 23.8 Å². The number of carboxylic acid groups (broad SMARTS) is 1. The number of nitrogens with zero attached hydrogens (tertiary/aromatic N) is 1. The van der Waals surface area contributed by atoms with Crippen LogP contribution in [-0.2, 0) is 28.6 Å². The van der Waals surface area contributed by atoms with Crippen molar-refractivity contribution in [1.29, 1.82) is 0 Å². The summed E-state index contributed by atoms with van der Waals surface area (Å²) in [6.07, 6.45) is 52.1. The van der Waals surface area contributed by atoms with Gasteiger partial charge >= 0.3 is 17.9 Å². The highest BCUT2D eigenvalue weighted by atomic mass is 16.6. The van der Waals surface area contributed by atoms with Crippen molar-refractivity contribution in [3.63, 3.8) is 0 Å². The second-order valence-corrected chi connectivity index (χ2v) is 15.9. The van der Waals surface area contributed by atoms with Gasteiger partial charge in [-0.15, -0.1) is 0 Å². The zero-order chi connectivity index (χ0) is 42.8. The van der Waals surface area contributed by atoms with Crippen molar-refractivity contribution < 1.29 is 38.2 Å². The zero-order valence-corrected chi connectivity index (χ0v) is 37.5. The van der Waals surface area contributed by atoms with Crippen molar-refractivity contribution in [3.8, 4) is 0 Å². The third-order valence-corrected chi connectivity index (χ3v) is 9.54. The van der Waals surface area contributed by atoms with E-state index >= 15 is 0 Å². The van der Waals surface area contributed by atoms with Gasteiger partial charge in [0.05, 0.1) is 34.4 Å². The molecule has 2 unspecified atom stereocenters. The summed E-state index contributed by atoms with van der Waals surface area (Å²) in [5, 5.41) is 9.62. The number of ether oxygens (including phenoxy) is 3. The Bertz CT molecular complexity index is 1220. The second-order valence-electron chi connectivity index (χ2n) is 15.9. The van der Waals surface area contributed by atoms with Crippen LogP contribution in [0.15, 0.2) is 85.1 Å². The number of carboxylic acids is 1. The van der Waals surface area contributed by atoms with Crippen LogP contribution in [0.2, 0.25) is 0 Å². The predicted octanol–water partition coefficient (Wildman–Crippen LogP) is 12.5. The third-order valence-electron chi connectivity index (χ3n) is 9.54. The molecule has 8 heteroatoms. The zero-order valence-electron chi connectivity index (χ0n) is 37.5. The number of carbonyl (C=O) groups is 3. The lowest BCUT2D eigenvalue weighted by Crippen LogP contribution is -2.50. The molecule has 0 saturated heterocycles. The van der Waals surface area contributed by atoms with E-state index in [0.29, 0.717) is 19.3 Å². The lowest BCUT2D eigenvalue weighted by Gasteiger charge is -2.31. The van der Waals surface area contributed by atoms with Gasteiger partial charge in [0.1, 0.15) is 6.61 Å².